The highest BCUT2D eigenvalue weighted by Gasteiger charge is 2.18. The van der Waals surface area contributed by atoms with E-state index in [4.69, 9.17) is 21.3 Å². The molecule has 2 heterocycles. The van der Waals surface area contributed by atoms with Crippen molar-refractivity contribution in [2.45, 2.75) is 5.03 Å². The molecule has 0 atom stereocenters. The third kappa shape index (κ3) is 5.23. The van der Waals surface area contributed by atoms with Crippen LogP contribution in [0.2, 0.25) is 5.02 Å². The van der Waals surface area contributed by atoms with Crippen LogP contribution in [0.1, 0.15) is 15.9 Å². The van der Waals surface area contributed by atoms with Gasteiger partial charge in [-0.15, -0.1) is 0 Å². The predicted molar refractivity (Wildman–Crippen MR) is 131 cm³/mol. The minimum Gasteiger partial charge on any atom is -0.497 e. The second kappa shape index (κ2) is 10.3. The Morgan fingerprint density at radius 2 is 1.85 bits per heavy atom. The number of Topliss-reactive ketones (excluding diaryl/α,β-unsaturated/α-hetero) is 1. The van der Waals surface area contributed by atoms with Gasteiger partial charge in [-0.1, -0.05) is 35.5 Å². The molecule has 0 N–H and O–H groups in total. The molecule has 7 heteroatoms. The molecule has 162 valence electrons. The summed E-state index contributed by atoms with van der Waals surface area (Å²) < 4.78 is 5.26. The molecule has 4 rings (SSSR count). The smallest absolute Gasteiger partial charge is 0.173 e. The number of methoxy groups -OCH3 is 1. The molecule has 0 aliphatic carbocycles. The van der Waals surface area contributed by atoms with E-state index < -0.39 is 0 Å². The number of aromatic nitrogens is 2. The average Bonchev–Trinajstić information content (AvgIpc) is 2.87. The van der Waals surface area contributed by atoms with E-state index in [1.165, 1.54) is 11.8 Å². The molecular formula is C26H18ClN3O2S. The molecule has 0 fully saturated rings. The fourth-order valence-corrected chi connectivity index (χ4v) is 4.27. The van der Waals surface area contributed by atoms with Crippen LogP contribution in [0.4, 0.5) is 0 Å². The molecule has 33 heavy (non-hydrogen) atoms. The second-order valence-electron chi connectivity index (χ2n) is 7.04. The van der Waals surface area contributed by atoms with E-state index in [1.54, 1.807) is 43.8 Å². The van der Waals surface area contributed by atoms with Gasteiger partial charge in [0.2, 0.25) is 0 Å². The van der Waals surface area contributed by atoms with Gasteiger partial charge in [-0.2, -0.15) is 5.26 Å². The van der Waals surface area contributed by atoms with Gasteiger partial charge in [-0.25, -0.2) is 4.98 Å². The maximum atomic E-state index is 12.7. The number of nitrogens with zero attached hydrogens (tertiary/aromatic N) is 3. The maximum absolute atomic E-state index is 12.7. The largest absolute Gasteiger partial charge is 0.497 e. The molecule has 0 spiro atoms. The molecule has 0 saturated heterocycles. The van der Waals surface area contributed by atoms with Crippen LogP contribution in [-0.4, -0.2) is 28.6 Å². The van der Waals surface area contributed by atoms with Gasteiger partial charge in [0.05, 0.1) is 24.1 Å². The quantitative estimate of drug-likeness (QED) is 0.232. The van der Waals surface area contributed by atoms with Crippen LogP contribution in [0.5, 0.6) is 5.75 Å². The van der Waals surface area contributed by atoms with E-state index in [0.717, 1.165) is 22.4 Å². The first-order chi connectivity index (χ1) is 16.1. The fraction of sp³-hybridized carbons (Fsp3) is 0.0769. The molecule has 0 unspecified atom stereocenters. The lowest BCUT2D eigenvalue weighted by Gasteiger charge is -2.13. The normalized spacial score (nSPS) is 10.5. The van der Waals surface area contributed by atoms with Crippen molar-refractivity contribution in [1.82, 2.24) is 9.97 Å². The SMILES string of the molecule is COc1ccc(-c2cc(-c3cccnc3)nc(SCC(=O)c3ccc(Cl)cc3)c2C#N)cc1. The number of hydrogen-bond donors (Lipinski definition) is 0. The zero-order chi connectivity index (χ0) is 23.2. The van der Waals surface area contributed by atoms with E-state index in [1.807, 2.05) is 42.5 Å². The summed E-state index contributed by atoms with van der Waals surface area (Å²) in [6.07, 6.45) is 3.41. The monoisotopic (exact) mass is 471 g/mol. The van der Waals surface area contributed by atoms with Crippen molar-refractivity contribution in [3.05, 3.63) is 95.3 Å². The van der Waals surface area contributed by atoms with E-state index in [2.05, 4.69) is 11.1 Å². The van der Waals surface area contributed by atoms with Gasteiger partial charge in [-0.05, 0) is 60.2 Å². The number of ketones is 1. The van der Waals surface area contributed by atoms with Crippen LogP contribution in [-0.2, 0) is 0 Å². The highest BCUT2D eigenvalue weighted by molar-refractivity contribution is 8.00. The molecule has 0 radical (unpaired) electrons. The van der Waals surface area contributed by atoms with Gasteiger partial charge < -0.3 is 4.74 Å². The van der Waals surface area contributed by atoms with E-state index in [-0.39, 0.29) is 11.5 Å². The third-order valence-electron chi connectivity index (χ3n) is 4.96. The van der Waals surface area contributed by atoms with Crippen molar-refractivity contribution in [3.8, 4) is 34.2 Å². The lowest BCUT2D eigenvalue weighted by atomic mass is 9.99. The first-order valence-corrected chi connectivity index (χ1v) is 11.4. The number of carbonyl (C=O) groups excluding carboxylic acids is 1. The first kappa shape index (κ1) is 22.5. The fourth-order valence-electron chi connectivity index (χ4n) is 3.25. The highest BCUT2D eigenvalue weighted by atomic mass is 35.5. The molecular weight excluding hydrogens is 454 g/mol. The zero-order valence-electron chi connectivity index (χ0n) is 17.7. The summed E-state index contributed by atoms with van der Waals surface area (Å²) in [4.78, 5) is 21.6. The summed E-state index contributed by atoms with van der Waals surface area (Å²) in [5.41, 5.74) is 4.06. The number of pyridine rings is 2. The number of thioether (sulfide) groups is 1. The van der Waals surface area contributed by atoms with Crippen molar-refractivity contribution in [1.29, 1.82) is 5.26 Å². The van der Waals surface area contributed by atoms with Gasteiger partial charge in [-0.3, -0.25) is 9.78 Å². The topological polar surface area (TPSA) is 75.9 Å². The standard InChI is InChI=1S/C26H18ClN3O2S/c1-32-21-10-6-17(7-11-21)22-13-24(19-3-2-12-29-15-19)30-26(23(22)14-28)33-16-25(31)18-4-8-20(27)9-5-18/h2-13,15H,16H2,1H3. The molecule has 2 aromatic heterocycles. The summed E-state index contributed by atoms with van der Waals surface area (Å²) >= 11 is 7.17. The Hall–Kier alpha value is -3.66. The maximum Gasteiger partial charge on any atom is 0.173 e. The Bertz CT molecular complexity index is 1320. The van der Waals surface area contributed by atoms with Gasteiger partial charge in [0.25, 0.3) is 0 Å². The minimum atomic E-state index is -0.0693. The van der Waals surface area contributed by atoms with Crippen molar-refractivity contribution in [2.75, 3.05) is 12.9 Å². The summed E-state index contributed by atoms with van der Waals surface area (Å²) in [5.74, 6) is 0.795. The molecule has 0 aliphatic heterocycles. The summed E-state index contributed by atoms with van der Waals surface area (Å²) in [6.45, 7) is 0. The van der Waals surface area contributed by atoms with Crippen LogP contribution in [0.25, 0.3) is 22.4 Å². The van der Waals surface area contributed by atoms with Crippen LogP contribution in [0, 0.1) is 11.3 Å². The second-order valence-corrected chi connectivity index (χ2v) is 8.44. The minimum absolute atomic E-state index is 0.0693. The van der Waals surface area contributed by atoms with Gasteiger partial charge >= 0.3 is 0 Å². The lowest BCUT2D eigenvalue weighted by molar-refractivity contribution is 0.102. The summed E-state index contributed by atoms with van der Waals surface area (Å²) in [5, 5.41) is 11.1. The Morgan fingerprint density at radius 1 is 1.09 bits per heavy atom. The number of carbonyl (C=O) groups is 1. The van der Waals surface area contributed by atoms with Crippen molar-refractivity contribution >= 4 is 29.1 Å². The van der Waals surface area contributed by atoms with Crippen LogP contribution < -0.4 is 4.74 Å². The Labute approximate surface area is 201 Å². The average molecular weight is 472 g/mol. The highest BCUT2D eigenvalue weighted by Crippen LogP contribution is 2.35. The molecule has 0 saturated carbocycles. The molecule has 0 amide bonds. The van der Waals surface area contributed by atoms with Gasteiger partial charge in [0, 0.05) is 34.1 Å². The van der Waals surface area contributed by atoms with Crippen LogP contribution in [0.3, 0.4) is 0 Å². The van der Waals surface area contributed by atoms with E-state index in [0.29, 0.717) is 26.9 Å². The van der Waals surface area contributed by atoms with Crippen molar-refractivity contribution in [2.24, 2.45) is 0 Å². The van der Waals surface area contributed by atoms with Crippen LogP contribution in [0.15, 0.2) is 84.1 Å². The predicted octanol–water partition coefficient (Wildman–Crippen LogP) is 6.32. The number of ether oxygens (including phenoxy) is 1. The molecule has 2 aromatic carbocycles. The lowest BCUT2D eigenvalue weighted by Crippen LogP contribution is -2.04. The van der Waals surface area contributed by atoms with Crippen LogP contribution >= 0.6 is 23.4 Å². The van der Waals surface area contributed by atoms with Gasteiger partial charge in [0.1, 0.15) is 16.8 Å². The molecule has 5 nitrogen and oxygen atoms in total. The van der Waals surface area contributed by atoms with E-state index in [9.17, 15) is 10.1 Å². The number of rotatable bonds is 7. The Morgan fingerprint density at radius 3 is 2.48 bits per heavy atom. The third-order valence-corrected chi connectivity index (χ3v) is 6.19. The first-order valence-electron chi connectivity index (χ1n) is 10.0. The van der Waals surface area contributed by atoms with Crippen molar-refractivity contribution < 1.29 is 9.53 Å². The van der Waals surface area contributed by atoms with E-state index >= 15 is 0 Å². The number of hydrogen-bond acceptors (Lipinski definition) is 6. The Balaban J connectivity index is 1.75. The zero-order valence-corrected chi connectivity index (χ0v) is 19.2. The molecule has 0 aliphatic rings. The summed E-state index contributed by atoms with van der Waals surface area (Å²) in [7, 11) is 1.61. The molecule has 0 bridgehead atoms. The number of nitriles is 1. The molecule has 4 aromatic rings. The van der Waals surface area contributed by atoms with Crippen molar-refractivity contribution in [3.63, 3.8) is 0 Å². The van der Waals surface area contributed by atoms with Gasteiger partial charge in [0.15, 0.2) is 5.78 Å². The number of halogens is 1. The number of benzene rings is 2. The summed E-state index contributed by atoms with van der Waals surface area (Å²) in [6, 6.07) is 22.1. The Kier molecular flexibility index (Phi) is 7.04.